The molecule has 7 heteroatoms. The first-order chi connectivity index (χ1) is 12.3. The van der Waals surface area contributed by atoms with Gasteiger partial charge in [-0.3, -0.25) is 9.78 Å². The Labute approximate surface area is 150 Å². The molecule has 138 valence electrons. The Hall–Kier alpha value is -2.57. The number of likely N-dealkylation sites (tertiary alicyclic amines) is 1. The summed E-state index contributed by atoms with van der Waals surface area (Å²) in [6, 6.07) is 6.77. The lowest BCUT2D eigenvalue weighted by atomic mass is 10.00. The smallest absolute Gasteiger partial charge is 0.354 e. The number of hydrogen-bond acceptors (Lipinski definition) is 3. The van der Waals surface area contributed by atoms with Crippen LogP contribution in [0, 0.1) is 5.92 Å². The summed E-state index contributed by atoms with van der Waals surface area (Å²) in [5.41, 5.74) is -0.120. The van der Waals surface area contributed by atoms with Crippen molar-refractivity contribution in [3.63, 3.8) is 0 Å². The summed E-state index contributed by atoms with van der Waals surface area (Å²) >= 11 is 0. The number of alkyl halides is 3. The number of pyridine rings is 1. The van der Waals surface area contributed by atoms with Crippen LogP contribution in [0.25, 0.3) is 0 Å². The molecule has 0 spiro atoms. The van der Waals surface area contributed by atoms with Gasteiger partial charge < -0.3 is 10.2 Å². The van der Waals surface area contributed by atoms with Crippen LogP contribution in [0.15, 0.2) is 42.7 Å². The van der Waals surface area contributed by atoms with Gasteiger partial charge in [0.15, 0.2) is 0 Å². The Morgan fingerprint density at radius 2 is 2.04 bits per heavy atom. The molecule has 3 rings (SSSR count). The summed E-state index contributed by atoms with van der Waals surface area (Å²) in [6.07, 6.45) is 0.439. The third-order valence-corrected chi connectivity index (χ3v) is 4.44. The van der Waals surface area contributed by atoms with E-state index < -0.39 is 11.7 Å². The van der Waals surface area contributed by atoms with Gasteiger partial charge in [0.1, 0.15) is 0 Å². The van der Waals surface area contributed by atoms with Crippen LogP contribution in [0.5, 0.6) is 0 Å². The third kappa shape index (κ3) is 4.15. The minimum Gasteiger partial charge on any atom is -0.354 e. The zero-order valence-corrected chi connectivity index (χ0v) is 14.4. The second-order valence-corrected chi connectivity index (χ2v) is 6.63. The number of nitrogens with zero attached hydrogens (tertiary/aromatic N) is 2. The second kappa shape index (κ2) is 7.35. The highest BCUT2D eigenvalue weighted by molar-refractivity contribution is 5.95. The molecule has 1 aromatic carbocycles. The van der Waals surface area contributed by atoms with Gasteiger partial charge in [-0.15, -0.1) is 0 Å². The molecule has 1 N–H and O–H groups in total. The predicted molar refractivity (Wildman–Crippen MR) is 93.3 cm³/mol. The Kier molecular flexibility index (Phi) is 5.15. The summed E-state index contributed by atoms with van der Waals surface area (Å²) in [7, 11) is 0. The van der Waals surface area contributed by atoms with E-state index in [4.69, 9.17) is 0 Å². The Balaban J connectivity index is 1.81. The molecule has 26 heavy (non-hydrogen) atoms. The van der Waals surface area contributed by atoms with E-state index in [1.54, 1.807) is 11.0 Å². The molecule has 1 unspecified atom stereocenters. The first-order valence-corrected chi connectivity index (χ1v) is 8.52. The minimum absolute atomic E-state index is 0.0713. The first-order valence-electron chi connectivity index (χ1n) is 8.52. The molecule has 1 aromatic heterocycles. The summed E-state index contributed by atoms with van der Waals surface area (Å²) in [5.74, 6) is 0.303. The van der Waals surface area contributed by atoms with Gasteiger partial charge in [-0.25, -0.2) is 0 Å². The van der Waals surface area contributed by atoms with Crippen molar-refractivity contribution in [2.45, 2.75) is 25.9 Å². The minimum atomic E-state index is -4.46. The standard InChI is InChI=1S/C19H20F3N3O/c1-13-5-4-8-25(12-13)18(26)14-9-15(11-23-10-14)24-17-7-3-2-6-16(17)19(20,21)22/h2-3,6-7,9-11,13,24H,4-5,8,12H2,1H3. The van der Waals surface area contributed by atoms with Gasteiger partial charge in [-0.1, -0.05) is 19.1 Å². The van der Waals surface area contributed by atoms with E-state index >= 15 is 0 Å². The average Bonchev–Trinajstić information content (AvgIpc) is 2.61. The number of halogens is 3. The molecule has 4 nitrogen and oxygen atoms in total. The summed E-state index contributed by atoms with van der Waals surface area (Å²) < 4.78 is 39.4. The fourth-order valence-corrected chi connectivity index (χ4v) is 3.18. The van der Waals surface area contributed by atoms with Gasteiger partial charge in [0.25, 0.3) is 5.91 Å². The first kappa shape index (κ1) is 18.2. The molecule has 1 aliphatic rings. The van der Waals surface area contributed by atoms with E-state index in [9.17, 15) is 18.0 Å². The largest absolute Gasteiger partial charge is 0.418 e. The lowest BCUT2D eigenvalue weighted by molar-refractivity contribution is -0.136. The van der Waals surface area contributed by atoms with E-state index in [1.807, 2.05) is 0 Å². The maximum absolute atomic E-state index is 13.1. The SMILES string of the molecule is CC1CCCN(C(=O)c2cncc(Nc3ccccc3C(F)(F)F)c2)C1. The molecule has 0 bridgehead atoms. The van der Waals surface area contributed by atoms with Crippen molar-refractivity contribution in [2.75, 3.05) is 18.4 Å². The zero-order chi connectivity index (χ0) is 18.7. The lowest BCUT2D eigenvalue weighted by Gasteiger charge is -2.31. The van der Waals surface area contributed by atoms with Crippen LogP contribution in [0.4, 0.5) is 24.5 Å². The van der Waals surface area contributed by atoms with E-state index in [-0.39, 0.29) is 11.6 Å². The van der Waals surface area contributed by atoms with Crippen molar-refractivity contribution < 1.29 is 18.0 Å². The van der Waals surface area contributed by atoms with Crippen molar-refractivity contribution in [1.82, 2.24) is 9.88 Å². The van der Waals surface area contributed by atoms with Gasteiger partial charge in [0, 0.05) is 19.3 Å². The molecule has 1 amide bonds. The van der Waals surface area contributed by atoms with E-state index in [2.05, 4.69) is 17.2 Å². The van der Waals surface area contributed by atoms with Gasteiger partial charge in [0.2, 0.25) is 0 Å². The fourth-order valence-electron chi connectivity index (χ4n) is 3.18. The Morgan fingerprint density at radius 3 is 2.77 bits per heavy atom. The maximum Gasteiger partial charge on any atom is 0.418 e. The number of anilines is 2. The van der Waals surface area contributed by atoms with Crippen LogP contribution in [-0.2, 0) is 6.18 Å². The number of benzene rings is 1. The molecule has 1 fully saturated rings. The molecule has 1 atom stereocenters. The van der Waals surface area contributed by atoms with Crippen molar-refractivity contribution in [3.05, 3.63) is 53.9 Å². The quantitative estimate of drug-likeness (QED) is 0.859. The molecule has 0 radical (unpaired) electrons. The number of rotatable bonds is 3. The molecule has 2 heterocycles. The third-order valence-electron chi connectivity index (χ3n) is 4.44. The topological polar surface area (TPSA) is 45.2 Å². The summed E-state index contributed by atoms with van der Waals surface area (Å²) in [5, 5.41) is 2.73. The van der Waals surface area contributed by atoms with Crippen molar-refractivity contribution >= 4 is 17.3 Å². The van der Waals surface area contributed by atoms with Gasteiger partial charge in [-0.05, 0) is 37.0 Å². The molecule has 0 saturated carbocycles. The number of nitrogens with one attached hydrogen (secondary N) is 1. The average molecular weight is 363 g/mol. The highest BCUT2D eigenvalue weighted by Gasteiger charge is 2.33. The van der Waals surface area contributed by atoms with Crippen molar-refractivity contribution in [3.8, 4) is 0 Å². The summed E-state index contributed by atoms with van der Waals surface area (Å²) in [4.78, 5) is 18.4. The monoisotopic (exact) mass is 363 g/mol. The number of para-hydroxylation sites is 1. The predicted octanol–water partition coefficient (Wildman–Crippen LogP) is 4.72. The normalized spacial score (nSPS) is 17.8. The van der Waals surface area contributed by atoms with Crippen LogP contribution in [0.2, 0.25) is 0 Å². The van der Waals surface area contributed by atoms with E-state index in [0.717, 1.165) is 18.9 Å². The number of piperidine rings is 1. The molecule has 0 aliphatic carbocycles. The van der Waals surface area contributed by atoms with Crippen LogP contribution in [-0.4, -0.2) is 28.9 Å². The number of carbonyl (C=O) groups is 1. The molecule has 2 aromatic rings. The maximum atomic E-state index is 13.1. The zero-order valence-electron chi connectivity index (χ0n) is 14.4. The van der Waals surface area contributed by atoms with Crippen LogP contribution >= 0.6 is 0 Å². The van der Waals surface area contributed by atoms with Gasteiger partial charge in [-0.2, -0.15) is 13.2 Å². The van der Waals surface area contributed by atoms with E-state index in [0.29, 0.717) is 30.3 Å². The Morgan fingerprint density at radius 1 is 1.27 bits per heavy atom. The van der Waals surface area contributed by atoms with Gasteiger partial charge >= 0.3 is 6.18 Å². The second-order valence-electron chi connectivity index (χ2n) is 6.63. The lowest BCUT2D eigenvalue weighted by Crippen LogP contribution is -2.39. The molecular formula is C19H20F3N3O. The number of aromatic nitrogens is 1. The van der Waals surface area contributed by atoms with Crippen LogP contribution < -0.4 is 5.32 Å². The van der Waals surface area contributed by atoms with E-state index in [1.165, 1.54) is 30.6 Å². The highest BCUT2D eigenvalue weighted by Crippen LogP contribution is 2.35. The number of carbonyl (C=O) groups excluding carboxylic acids is 1. The van der Waals surface area contributed by atoms with Crippen LogP contribution in [0.3, 0.4) is 0 Å². The highest BCUT2D eigenvalue weighted by atomic mass is 19.4. The van der Waals surface area contributed by atoms with Crippen molar-refractivity contribution in [2.24, 2.45) is 5.92 Å². The molecule has 1 aliphatic heterocycles. The molecule has 1 saturated heterocycles. The molecular weight excluding hydrogens is 343 g/mol. The van der Waals surface area contributed by atoms with Crippen LogP contribution in [0.1, 0.15) is 35.7 Å². The number of amides is 1. The fraction of sp³-hybridized carbons (Fsp3) is 0.368. The van der Waals surface area contributed by atoms with Crippen molar-refractivity contribution in [1.29, 1.82) is 0 Å². The number of hydrogen-bond donors (Lipinski definition) is 1. The summed E-state index contributed by atoms with van der Waals surface area (Å²) in [6.45, 7) is 3.48. The van der Waals surface area contributed by atoms with Gasteiger partial charge in [0.05, 0.1) is 28.7 Å². The Bertz CT molecular complexity index is 792.